The van der Waals surface area contributed by atoms with Gasteiger partial charge in [0, 0.05) is 12.8 Å². The summed E-state index contributed by atoms with van der Waals surface area (Å²) in [6.07, 6.45) is 0.209. The molecule has 0 saturated carbocycles. The fourth-order valence-corrected chi connectivity index (χ4v) is 3.73. The van der Waals surface area contributed by atoms with Crippen molar-refractivity contribution in [2.75, 3.05) is 13.2 Å². The molecule has 0 atom stereocenters. The van der Waals surface area contributed by atoms with Gasteiger partial charge in [-0.05, 0) is 46.5 Å². The lowest BCUT2D eigenvalue weighted by atomic mass is 10.0. The van der Waals surface area contributed by atoms with Gasteiger partial charge in [-0.15, -0.1) is 0 Å². The van der Waals surface area contributed by atoms with Crippen molar-refractivity contribution >= 4 is 0 Å². The highest BCUT2D eigenvalue weighted by Gasteiger charge is 2.13. The van der Waals surface area contributed by atoms with Crippen LogP contribution in [0.25, 0.3) is 0 Å². The molecule has 0 fully saturated rings. The predicted molar refractivity (Wildman–Crippen MR) is 132 cm³/mol. The standard InChI is InChI=1S/C29H28O5/c30-25(19-33-28-15-7-3-11-23(28)17-21-9-1-5-13-26(21)31)20-34-29-16-8-4-12-24(29)18-22-10-2-6-14-27(22)32/h1-16,25,30-32H,17-20H2. The molecule has 5 nitrogen and oxygen atoms in total. The minimum atomic E-state index is -0.837. The Labute approximate surface area is 199 Å². The number of phenols is 2. The minimum absolute atomic E-state index is 0.0689. The second kappa shape index (κ2) is 11.3. The molecule has 0 amide bonds. The van der Waals surface area contributed by atoms with Crippen LogP contribution in [0.3, 0.4) is 0 Å². The van der Waals surface area contributed by atoms with E-state index in [1.54, 1.807) is 24.3 Å². The molecule has 0 spiro atoms. The molecule has 174 valence electrons. The van der Waals surface area contributed by atoms with Crippen LogP contribution in [0.15, 0.2) is 97.1 Å². The number of aromatic hydroxyl groups is 2. The number of aliphatic hydroxyl groups is 1. The van der Waals surface area contributed by atoms with E-state index in [0.717, 1.165) is 22.3 Å². The van der Waals surface area contributed by atoms with Crippen LogP contribution in [0, 0.1) is 0 Å². The van der Waals surface area contributed by atoms with E-state index in [0.29, 0.717) is 24.3 Å². The lowest BCUT2D eigenvalue weighted by Gasteiger charge is -2.17. The first-order valence-electron chi connectivity index (χ1n) is 11.2. The second-order valence-electron chi connectivity index (χ2n) is 8.10. The molecule has 4 aromatic rings. The van der Waals surface area contributed by atoms with E-state index in [9.17, 15) is 15.3 Å². The fourth-order valence-electron chi connectivity index (χ4n) is 3.73. The first kappa shape index (κ1) is 23.2. The molecule has 0 aliphatic heterocycles. The number of rotatable bonds is 10. The Kier molecular flexibility index (Phi) is 7.68. The molecule has 0 aromatic heterocycles. The summed E-state index contributed by atoms with van der Waals surface area (Å²) >= 11 is 0. The molecule has 0 aliphatic carbocycles. The Morgan fingerprint density at radius 1 is 0.500 bits per heavy atom. The van der Waals surface area contributed by atoms with Gasteiger partial charge < -0.3 is 24.8 Å². The van der Waals surface area contributed by atoms with Crippen LogP contribution in [-0.2, 0) is 12.8 Å². The van der Waals surface area contributed by atoms with Crippen molar-refractivity contribution in [1.29, 1.82) is 0 Å². The van der Waals surface area contributed by atoms with Crippen molar-refractivity contribution in [3.8, 4) is 23.0 Å². The van der Waals surface area contributed by atoms with E-state index in [1.165, 1.54) is 0 Å². The highest BCUT2D eigenvalue weighted by atomic mass is 16.5. The van der Waals surface area contributed by atoms with Crippen LogP contribution in [0.1, 0.15) is 22.3 Å². The van der Waals surface area contributed by atoms with Gasteiger partial charge in [0.25, 0.3) is 0 Å². The highest BCUT2D eigenvalue weighted by molar-refractivity contribution is 5.43. The predicted octanol–water partition coefficient (Wildman–Crippen LogP) is 5.10. The van der Waals surface area contributed by atoms with Gasteiger partial charge in [-0.2, -0.15) is 0 Å². The molecule has 0 radical (unpaired) electrons. The van der Waals surface area contributed by atoms with Crippen molar-refractivity contribution in [3.05, 3.63) is 119 Å². The van der Waals surface area contributed by atoms with Crippen molar-refractivity contribution in [2.45, 2.75) is 18.9 Å². The molecular weight excluding hydrogens is 428 g/mol. The molecule has 4 rings (SSSR count). The lowest BCUT2D eigenvalue weighted by molar-refractivity contribution is 0.0620. The monoisotopic (exact) mass is 456 g/mol. The molecule has 0 saturated heterocycles. The molecule has 0 bridgehead atoms. The first-order valence-corrected chi connectivity index (χ1v) is 11.2. The molecule has 0 aliphatic rings. The Hall–Kier alpha value is -3.96. The lowest BCUT2D eigenvalue weighted by Crippen LogP contribution is -2.25. The van der Waals surface area contributed by atoms with Gasteiger partial charge in [0.1, 0.15) is 42.3 Å². The average molecular weight is 457 g/mol. The van der Waals surface area contributed by atoms with Crippen molar-refractivity contribution in [1.82, 2.24) is 0 Å². The smallest absolute Gasteiger partial charge is 0.122 e. The number of ether oxygens (including phenoxy) is 2. The van der Waals surface area contributed by atoms with Crippen LogP contribution >= 0.6 is 0 Å². The van der Waals surface area contributed by atoms with Crippen molar-refractivity contribution in [2.24, 2.45) is 0 Å². The van der Waals surface area contributed by atoms with Gasteiger partial charge in [0.2, 0.25) is 0 Å². The maximum absolute atomic E-state index is 10.5. The topological polar surface area (TPSA) is 79.2 Å². The van der Waals surface area contributed by atoms with Gasteiger partial charge in [0.15, 0.2) is 0 Å². The zero-order chi connectivity index (χ0) is 23.8. The van der Waals surface area contributed by atoms with E-state index in [2.05, 4.69) is 0 Å². The molecule has 0 heterocycles. The third-order valence-electron chi connectivity index (χ3n) is 5.55. The van der Waals surface area contributed by atoms with E-state index >= 15 is 0 Å². The van der Waals surface area contributed by atoms with Crippen LogP contribution in [0.4, 0.5) is 0 Å². The fraction of sp³-hybridized carbons (Fsp3) is 0.172. The molecule has 5 heteroatoms. The maximum atomic E-state index is 10.5. The first-order chi connectivity index (χ1) is 16.6. The van der Waals surface area contributed by atoms with Gasteiger partial charge in [-0.25, -0.2) is 0 Å². The van der Waals surface area contributed by atoms with Crippen molar-refractivity contribution < 1.29 is 24.8 Å². The molecule has 34 heavy (non-hydrogen) atoms. The molecule has 3 N–H and O–H groups in total. The van der Waals surface area contributed by atoms with Gasteiger partial charge in [-0.1, -0.05) is 72.8 Å². The number of hydrogen-bond donors (Lipinski definition) is 3. The highest BCUT2D eigenvalue weighted by Crippen LogP contribution is 2.27. The van der Waals surface area contributed by atoms with Crippen molar-refractivity contribution in [3.63, 3.8) is 0 Å². The molecular formula is C29H28O5. The Balaban J connectivity index is 1.35. The summed E-state index contributed by atoms with van der Waals surface area (Å²) in [4.78, 5) is 0. The molecule has 4 aromatic carbocycles. The van der Waals surface area contributed by atoms with E-state index < -0.39 is 6.10 Å². The zero-order valence-corrected chi connectivity index (χ0v) is 18.8. The summed E-state index contributed by atoms with van der Waals surface area (Å²) in [7, 11) is 0. The summed E-state index contributed by atoms with van der Waals surface area (Å²) in [6.45, 7) is 0.138. The Bertz CT molecular complexity index is 1130. The number of benzene rings is 4. The SMILES string of the molecule is Oc1ccccc1Cc1ccccc1OCC(O)COc1ccccc1Cc1ccccc1O. The Morgan fingerprint density at radius 3 is 1.26 bits per heavy atom. The summed E-state index contributed by atoms with van der Waals surface area (Å²) in [5.41, 5.74) is 3.46. The largest absolute Gasteiger partial charge is 0.508 e. The quantitative estimate of drug-likeness (QED) is 0.310. The van der Waals surface area contributed by atoms with E-state index in [-0.39, 0.29) is 24.7 Å². The summed E-state index contributed by atoms with van der Waals surface area (Å²) in [6, 6.07) is 29.6. The summed E-state index contributed by atoms with van der Waals surface area (Å²) in [5.74, 6) is 1.80. The van der Waals surface area contributed by atoms with E-state index in [1.807, 2.05) is 72.8 Å². The van der Waals surface area contributed by atoms with Crippen LogP contribution in [0.5, 0.6) is 23.0 Å². The maximum Gasteiger partial charge on any atom is 0.122 e. The third kappa shape index (κ3) is 6.09. The second-order valence-corrected chi connectivity index (χ2v) is 8.10. The summed E-state index contributed by atoms with van der Waals surface area (Å²) < 4.78 is 11.8. The number of para-hydroxylation sites is 4. The third-order valence-corrected chi connectivity index (χ3v) is 5.55. The normalized spacial score (nSPS) is 10.9. The number of aliphatic hydroxyl groups excluding tert-OH is 1. The van der Waals surface area contributed by atoms with Crippen LogP contribution in [0.2, 0.25) is 0 Å². The number of phenolic OH excluding ortho intramolecular Hbond substituents is 2. The van der Waals surface area contributed by atoms with Gasteiger partial charge in [-0.3, -0.25) is 0 Å². The minimum Gasteiger partial charge on any atom is -0.508 e. The van der Waals surface area contributed by atoms with Gasteiger partial charge in [0.05, 0.1) is 0 Å². The molecule has 0 unspecified atom stereocenters. The van der Waals surface area contributed by atoms with Crippen LogP contribution in [-0.4, -0.2) is 34.6 Å². The summed E-state index contributed by atoms with van der Waals surface area (Å²) in [5, 5.41) is 30.6. The zero-order valence-electron chi connectivity index (χ0n) is 18.8. The average Bonchev–Trinajstić information content (AvgIpc) is 2.86. The van der Waals surface area contributed by atoms with Crippen LogP contribution < -0.4 is 9.47 Å². The Morgan fingerprint density at radius 2 is 0.853 bits per heavy atom. The number of hydrogen-bond acceptors (Lipinski definition) is 5. The van der Waals surface area contributed by atoms with E-state index in [4.69, 9.17) is 9.47 Å². The van der Waals surface area contributed by atoms with Gasteiger partial charge >= 0.3 is 0 Å².